The van der Waals surface area contributed by atoms with E-state index in [2.05, 4.69) is 0 Å². The van der Waals surface area contributed by atoms with Crippen LogP contribution in [0.1, 0.15) is 22.8 Å². The molecule has 0 heterocycles. The minimum absolute atomic E-state index is 0.0625. The summed E-state index contributed by atoms with van der Waals surface area (Å²) < 4.78 is 36.4. The van der Waals surface area contributed by atoms with Crippen molar-refractivity contribution in [3.63, 3.8) is 0 Å². The molecular formula is C9H9BF3O-. The molecule has 1 rings (SSSR count). The van der Waals surface area contributed by atoms with Crippen molar-refractivity contribution in [3.05, 3.63) is 35.4 Å². The first kappa shape index (κ1) is 10.8. The highest BCUT2D eigenvalue weighted by atomic mass is 19.4. The number of carbonyl (C=O) groups excluding carboxylic acids is 1. The van der Waals surface area contributed by atoms with Gasteiger partial charge in [0.15, 0.2) is 5.78 Å². The van der Waals surface area contributed by atoms with Crippen molar-refractivity contribution in [2.24, 2.45) is 0 Å². The lowest BCUT2D eigenvalue weighted by atomic mass is 9.80. The van der Waals surface area contributed by atoms with Gasteiger partial charge in [0.2, 0.25) is 0 Å². The van der Waals surface area contributed by atoms with E-state index in [0.717, 1.165) is 0 Å². The number of ketones is 1. The van der Waals surface area contributed by atoms with Gasteiger partial charge in [-0.15, -0.1) is 0 Å². The Balaban J connectivity index is 3.02. The van der Waals surface area contributed by atoms with Crippen LogP contribution in [0, 0.1) is 0 Å². The molecule has 0 amide bonds. The lowest BCUT2D eigenvalue weighted by Gasteiger charge is -2.15. The smallest absolute Gasteiger partial charge is 0.449 e. The molecule has 1 aromatic rings. The predicted molar refractivity (Wildman–Crippen MR) is 49.2 cm³/mol. The molecule has 0 aliphatic carbocycles. The van der Waals surface area contributed by atoms with Crippen molar-refractivity contribution in [3.8, 4) is 0 Å². The molecule has 76 valence electrons. The van der Waals surface area contributed by atoms with Gasteiger partial charge in [0, 0.05) is 5.56 Å². The predicted octanol–water partition coefficient (Wildman–Crippen LogP) is 2.82. The summed E-state index contributed by atoms with van der Waals surface area (Å²) in [5.74, 6) is -0.333. The van der Waals surface area contributed by atoms with Gasteiger partial charge in [-0.1, -0.05) is 36.1 Å². The topological polar surface area (TPSA) is 17.1 Å². The molecule has 0 unspecified atom stereocenters. The zero-order valence-electron chi connectivity index (χ0n) is 7.64. The summed E-state index contributed by atoms with van der Waals surface area (Å²) in [5.41, 5.74) is 0.221. The number of rotatable bonds is 3. The molecule has 0 spiro atoms. The second-order valence-electron chi connectivity index (χ2n) is 3.13. The first-order valence-electron chi connectivity index (χ1n) is 4.20. The van der Waals surface area contributed by atoms with Crippen molar-refractivity contribution >= 4 is 12.8 Å². The summed E-state index contributed by atoms with van der Waals surface area (Å²) >= 11 is 0. The number of halogens is 3. The van der Waals surface area contributed by atoms with Crippen molar-refractivity contribution in [1.29, 1.82) is 0 Å². The monoisotopic (exact) mass is 201 g/mol. The molecule has 0 saturated heterocycles. The number of benzene rings is 1. The van der Waals surface area contributed by atoms with Crippen LogP contribution < -0.4 is 0 Å². The molecule has 0 N–H and O–H groups in total. The van der Waals surface area contributed by atoms with Crippen LogP contribution in [-0.4, -0.2) is 12.8 Å². The van der Waals surface area contributed by atoms with Crippen molar-refractivity contribution < 1.29 is 17.7 Å². The number of carbonyl (C=O) groups is 1. The SMILES string of the molecule is CC(=O)c1ccccc1C[B-](F)(F)F. The van der Waals surface area contributed by atoms with E-state index in [1.807, 2.05) is 0 Å². The van der Waals surface area contributed by atoms with Gasteiger partial charge in [0.25, 0.3) is 0 Å². The molecule has 0 aromatic heterocycles. The van der Waals surface area contributed by atoms with Gasteiger partial charge in [-0.05, 0) is 6.92 Å². The van der Waals surface area contributed by atoms with Gasteiger partial charge in [-0.3, -0.25) is 4.79 Å². The molecular weight excluding hydrogens is 192 g/mol. The molecule has 0 fully saturated rings. The molecule has 0 atom stereocenters. The molecule has 0 radical (unpaired) electrons. The largest absolute Gasteiger partial charge is 0.482 e. The van der Waals surface area contributed by atoms with Gasteiger partial charge in [-0.2, -0.15) is 0 Å². The Bertz CT molecular complexity index is 346. The third kappa shape index (κ3) is 2.90. The third-order valence-corrected chi connectivity index (χ3v) is 1.85. The average Bonchev–Trinajstić information content (AvgIpc) is 2.01. The summed E-state index contributed by atoms with van der Waals surface area (Å²) in [6.07, 6.45) is -0.990. The average molecular weight is 201 g/mol. The summed E-state index contributed by atoms with van der Waals surface area (Å²) in [5, 5.41) is 0. The van der Waals surface area contributed by atoms with Crippen LogP contribution in [0.2, 0.25) is 0 Å². The molecule has 0 aliphatic rings. The Morgan fingerprint density at radius 3 is 2.36 bits per heavy atom. The Hall–Kier alpha value is -1.26. The zero-order valence-corrected chi connectivity index (χ0v) is 7.64. The second kappa shape index (κ2) is 3.86. The highest BCUT2D eigenvalue weighted by molar-refractivity contribution is 6.58. The highest BCUT2D eigenvalue weighted by Gasteiger charge is 2.24. The van der Waals surface area contributed by atoms with Crippen molar-refractivity contribution in [1.82, 2.24) is 0 Å². The summed E-state index contributed by atoms with van der Waals surface area (Å²) in [6, 6.07) is 5.82. The molecule has 0 saturated carbocycles. The van der Waals surface area contributed by atoms with Gasteiger partial charge in [-0.25, -0.2) is 0 Å². The van der Waals surface area contributed by atoms with Crippen LogP contribution in [-0.2, 0) is 6.32 Å². The van der Waals surface area contributed by atoms with Crippen LogP contribution in [0.4, 0.5) is 12.9 Å². The van der Waals surface area contributed by atoms with Crippen LogP contribution in [0.25, 0.3) is 0 Å². The minimum atomic E-state index is -4.88. The van der Waals surface area contributed by atoms with E-state index < -0.39 is 13.3 Å². The fraction of sp³-hybridized carbons (Fsp3) is 0.222. The van der Waals surface area contributed by atoms with Crippen LogP contribution in [0.3, 0.4) is 0 Å². The van der Waals surface area contributed by atoms with Gasteiger partial charge in [0.1, 0.15) is 0 Å². The molecule has 1 aromatic carbocycles. The number of Topliss-reactive ketones (excluding diaryl/α,β-unsaturated/α-hetero) is 1. The van der Waals surface area contributed by atoms with E-state index in [0.29, 0.717) is 0 Å². The normalized spacial score (nSPS) is 11.4. The van der Waals surface area contributed by atoms with Crippen LogP contribution in [0.15, 0.2) is 24.3 Å². The van der Waals surface area contributed by atoms with Gasteiger partial charge in [0.05, 0.1) is 0 Å². The third-order valence-electron chi connectivity index (χ3n) is 1.85. The fourth-order valence-corrected chi connectivity index (χ4v) is 1.29. The van der Waals surface area contributed by atoms with E-state index >= 15 is 0 Å². The lowest BCUT2D eigenvalue weighted by molar-refractivity contribution is 0.101. The maximum atomic E-state index is 12.1. The Morgan fingerprint density at radius 2 is 1.86 bits per heavy atom. The molecule has 0 bridgehead atoms. The summed E-state index contributed by atoms with van der Waals surface area (Å²) in [4.78, 5) is 11.0. The highest BCUT2D eigenvalue weighted by Crippen LogP contribution is 2.19. The Morgan fingerprint density at radius 1 is 1.29 bits per heavy atom. The maximum Gasteiger partial charge on any atom is 0.482 e. The maximum absolute atomic E-state index is 12.1. The fourth-order valence-electron chi connectivity index (χ4n) is 1.29. The minimum Gasteiger partial charge on any atom is -0.449 e. The van der Waals surface area contributed by atoms with E-state index in [1.165, 1.54) is 25.1 Å². The number of hydrogen-bond donors (Lipinski definition) is 0. The van der Waals surface area contributed by atoms with Gasteiger partial charge >= 0.3 is 6.98 Å². The quantitative estimate of drug-likeness (QED) is 0.542. The van der Waals surface area contributed by atoms with E-state index in [9.17, 15) is 17.7 Å². The van der Waals surface area contributed by atoms with Gasteiger partial charge < -0.3 is 12.9 Å². The molecule has 0 aliphatic heterocycles. The molecule has 1 nitrogen and oxygen atoms in total. The van der Waals surface area contributed by atoms with E-state index in [1.54, 1.807) is 6.07 Å². The lowest BCUT2D eigenvalue weighted by Crippen LogP contribution is -2.20. The summed E-state index contributed by atoms with van der Waals surface area (Å²) in [6.45, 7) is -3.62. The first-order chi connectivity index (χ1) is 6.40. The van der Waals surface area contributed by atoms with Crippen molar-refractivity contribution in [2.75, 3.05) is 0 Å². The Labute approximate surface area is 80.0 Å². The van der Waals surface area contributed by atoms with Crippen LogP contribution in [0.5, 0.6) is 0 Å². The van der Waals surface area contributed by atoms with Crippen molar-refractivity contribution in [2.45, 2.75) is 13.2 Å². The molecule has 14 heavy (non-hydrogen) atoms. The summed E-state index contributed by atoms with van der Waals surface area (Å²) in [7, 11) is 0. The molecule has 5 heteroatoms. The number of hydrogen-bond acceptors (Lipinski definition) is 1. The zero-order chi connectivity index (χ0) is 10.8. The van der Waals surface area contributed by atoms with Crippen LogP contribution >= 0.6 is 0 Å². The second-order valence-corrected chi connectivity index (χ2v) is 3.13. The Kier molecular flexibility index (Phi) is 2.98. The van der Waals surface area contributed by atoms with E-state index in [-0.39, 0.29) is 16.9 Å². The first-order valence-corrected chi connectivity index (χ1v) is 4.20. The van der Waals surface area contributed by atoms with E-state index in [4.69, 9.17) is 0 Å². The standard InChI is InChI=1S/C9H9BF3O/c1-7(14)9-5-3-2-4-8(9)6-10(11,12)13/h2-5H,6H2,1H3/q-1.